The van der Waals surface area contributed by atoms with Gasteiger partial charge in [0.15, 0.2) is 0 Å². The molecule has 2 amide bonds. The Morgan fingerprint density at radius 3 is 2.45 bits per heavy atom. The minimum absolute atomic E-state index is 0.0319. The molecule has 3 rings (SSSR count). The maximum absolute atomic E-state index is 12.8. The lowest BCUT2D eigenvalue weighted by Crippen LogP contribution is -2.38. The van der Waals surface area contributed by atoms with Crippen molar-refractivity contribution in [3.8, 4) is 0 Å². The average molecular weight is 393 g/mol. The summed E-state index contributed by atoms with van der Waals surface area (Å²) >= 11 is 0. The molecule has 0 spiro atoms. The van der Waals surface area contributed by atoms with Crippen LogP contribution < -0.4 is 15.5 Å². The highest BCUT2D eigenvalue weighted by molar-refractivity contribution is 6.05. The highest BCUT2D eigenvalue weighted by Crippen LogP contribution is 2.15. The van der Waals surface area contributed by atoms with Gasteiger partial charge in [0.25, 0.3) is 11.8 Å². The minimum atomic E-state index is -0.332. The first kappa shape index (κ1) is 20.6. The standard InChI is InChI=1S/C23H27N3O3/c1-26(2)19-12-10-17(11-13-19)15-21(23(28)24-16-20-9-6-14-29-20)25-22(27)18-7-4-3-5-8-18/h3-5,7-8,10-13,15,20H,6,9,14,16H2,1-2H3,(H,24,28)(H,25,27). The Morgan fingerprint density at radius 1 is 1.10 bits per heavy atom. The van der Waals surface area contributed by atoms with Crippen molar-refractivity contribution in [2.45, 2.75) is 18.9 Å². The van der Waals surface area contributed by atoms with Crippen LogP contribution in [0.3, 0.4) is 0 Å². The molecule has 2 aromatic rings. The zero-order valence-corrected chi connectivity index (χ0v) is 16.9. The summed E-state index contributed by atoms with van der Waals surface area (Å²) in [5.41, 5.74) is 2.58. The lowest BCUT2D eigenvalue weighted by atomic mass is 10.1. The maximum Gasteiger partial charge on any atom is 0.267 e. The number of nitrogens with one attached hydrogen (secondary N) is 2. The number of hydrogen-bond acceptors (Lipinski definition) is 4. The third-order valence-electron chi connectivity index (χ3n) is 4.76. The number of benzene rings is 2. The Morgan fingerprint density at radius 2 is 1.83 bits per heavy atom. The molecule has 6 heteroatoms. The van der Waals surface area contributed by atoms with Gasteiger partial charge in [0.2, 0.25) is 0 Å². The largest absolute Gasteiger partial charge is 0.378 e. The molecule has 6 nitrogen and oxygen atoms in total. The fraction of sp³-hybridized carbons (Fsp3) is 0.304. The summed E-state index contributed by atoms with van der Waals surface area (Å²) in [6.45, 7) is 1.16. The van der Waals surface area contributed by atoms with Crippen molar-refractivity contribution in [3.05, 3.63) is 71.4 Å². The average Bonchev–Trinajstić information content (AvgIpc) is 3.26. The van der Waals surface area contributed by atoms with E-state index in [-0.39, 0.29) is 23.6 Å². The van der Waals surface area contributed by atoms with Crippen LogP contribution in [0.5, 0.6) is 0 Å². The SMILES string of the molecule is CN(C)c1ccc(C=C(NC(=O)c2ccccc2)C(=O)NCC2CCCO2)cc1. The van der Waals surface area contributed by atoms with E-state index in [0.29, 0.717) is 12.1 Å². The molecule has 2 aromatic carbocycles. The van der Waals surface area contributed by atoms with E-state index in [2.05, 4.69) is 10.6 Å². The Labute approximate surface area is 171 Å². The monoisotopic (exact) mass is 393 g/mol. The van der Waals surface area contributed by atoms with E-state index in [1.54, 1.807) is 30.3 Å². The van der Waals surface area contributed by atoms with Gasteiger partial charge in [-0.05, 0) is 48.7 Å². The number of amides is 2. The predicted octanol–water partition coefficient (Wildman–Crippen LogP) is 2.82. The van der Waals surface area contributed by atoms with Gasteiger partial charge in [-0.1, -0.05) is 30.3 Å². The number of hydrogen-bond donors (Lipinski definition) is 2. The van der Waals surface area contributed by atoms with E-state index >= 15 is 0 Å². The molecule has 1 aliphatic rings. The summed E-state index contributed by atoms with van der Waals surface area (Å²) in [7, 11) is 3.93. The van der Waals surface area contributed by atoms with Gasteiger partial charge in [-0.15, -0.1) is 0 Å². The van der Waals surface area contributed by atoms with Gasteiger partial charge in [-0.25, -0.2) is 0 Å². The van der Waals surface area contributed by atoms with Gasteiger partial charge < -0.3 is 20.3 Å². The number of carbonyl (C=O) groups is 2. The zero-order chi connectivity index (χ0) is 20.6. The highest BCUT2D eigenvalue weighted by atomic mass is 16.5. The Balaban J connectivity index is 1.77. The first-order valence-electron chi connectivity index (χ1n) is 9.78. The second-order valence-electron chi connectivity index (χ2n) is 7.21. The number of ether oxygens (including phenoxy) is 1. The van der Waals surface area contributed by atoms with Crippen LogP contribution in [0.15, 0.2) is 60.3 Å². The third kappa shape index (κ3) is 5.93. The van der Waals surface area contributed by atoms with Crippen molar-refractivity contribution in [1.82, 2.24) is 10.6 Å². The second kappa shape index (κ2) is 9.89. The zero-order valence-electron chi connectivity index (χ0n) is 16.9. The van der Waals surface area contributed by atoms with E-state index in [1.807, 2.05) is 49.3 Å². The molecule has 1 atom stereocenters. The molecule has 0 radical (unpaired) electrons. The summed E-state index contributed by atoms with van der Waals surface area (Å²) in [6, 6.07) is 16.6. The maximum atomic E-state index is 12.8. The molecular formula is C23H27N3O3. The van der Waals surface area contributed by atoms with E-state index in [0.717, 1.165) is 30.7 Å². The van der Waals surface area contributed by atoms with Gasteiger partial charge >= 0.3 is 0 Å². The smallest absolute Gasteiger partial charge is 0.267 e. The molecule has 1 heterocycles. The highest BCUT2D eigenvalue weighted by Gasteiger charge is 2.19. The van der Waals surface area contributed by atoms with Crippen molar-refractivity contribution >= 4 is 23.6 Å². The third-order valence-corrected chi connectivity index (χ3v) is 4.76. The fourth-order valence-electron chi connectivity index (χ4n) is 3.08. The van der Waals surface area contributed by atoms with Crippen LogP contribution in [0, 0.1) is 0 Å². The number of anilines is 1. The first-order valence-corrected chi connectivity index (χ1v) is 9.78. The summed E-state index contributed by atoms with van der Waals surface area (Å²) in [6.07, 6.45) is 3.66. The summed E-state index contributed by atoms with van der Waals surface area (Å²) in [4.78, 5) is 27.4. The van der Waals surface area contributed by atoms with Crippen molar-refractivity contribution in [2.75, 3.05) is 32.1 Å². The van der Waals surface area contributed by atoms with Crippen molar-refractivity contribution in [1.29, 1.82) is 0 Å². The van der Waals surface area contributed by atoms with Crippen LogP contribution in [0.1, 0.15) is 28.8 Å². The molecule has 0 aromatic heterocycles. The summed E-state index contributed by atoms with van der Waals surface area (Å²) in [5, 5.41) is 5.63. The normalized spacial score (nSPS) is 16.3. The summed E-state index contributed by atoms with van der Waals surface area (Å²) < 4.78 is 5.56. The molecule has 0 bridgehead atoms. The van der Waals surface area contributed by atoms with Gasteiger partial charge in [0.1, 0.15) is 5.70 Å². The van der Waals surface area contributed by atoms with Crippen molar-refractivity contribution < 1.29 is 14.3 Å². The van der Waals surface area contributed by atoms with Gasteiger partial charge in [0, 0.05) is 38.5 Å². The Bertz CT molecular complexity index is 855. The van der Waals surface area contributed by atoms with E-state index in [1.165, 1.54) is 0 Å². The lowest BCUT2D eigenvalue weighted by molar-refractivity contribution is -0.118. The van der Waals surface area contributed by atoms with E-state index in [9.17, 15) is 9.59 Å². The lowest BCUT2D eigenvalue weighted by Gasteiger charge is -2.15. The molecule has 1 saturated heterocycles. The van der Waals surface area contributed by atoms with Crippen LogP contribution in [0.25, 0.3) is 6.08 Å². The van der Waals surface area contributed by atoms with Crippen LogP contribution in [0.4, 0.5) is 5.69 Å². The van der Waals surface area contributed by atoms with Crippen molar-refractivity contribution in [2.24, 2.45) is 0 Å². The molecule has 0 aliphatic carbocycles. The van der Waals surface area contributed by atoms with E-state index < -0.39 is 0 Å². The van der Waals surface area contributed by atoms with Crippen LogP contribution in [-0.4, -0.2) is 45.2 Å². The van der Waals surface area contributed by atoms with Crippen LogP contribution in [-0.2, 0) is 9.53 Å². The molecule has 0 saturated carbocycles. The molecule has 1 fully saturated rings. The number of carbonyl (C=O) groups excluding carboxylic acids is 2. The van der Waals surface area contributed by atoms with Gasteiger partial charge in [-0.2, -0.15) is 0 Å². The molecule has 2 N–H and O–H groups in total. The van der Waals surface area contributed by atoms with Gasteiger partial charge in [0.05, 0.1) is 6.10 Å². The molecule has 1 unspecified atom stereocenters. The topological polar surface area (TPSA) is 70.7 Å². The summed E-state index contributed by atoms with van der Waals surface area (Å²) in [5.74, 6) is -0.657. The number of nitrogens with zero attached hydrogens (tertiary/aromatic N) is 1. The van der Waals surface area contributed by atoms with Crippen LogP contribution >= 0.6 is 0 Å². The molecule has 29 heavy (non-hydrogen) atoms. The second-order valence-corrected chi connectivity index (χ2v) is 7.21. The fourth-order valence-corrected chi connectivity index (χ4v) is 3.08. The van der Waals surface area contributed by atoms with Gasteiger partial charge in [-0.3, -0.25) is 9.59 Å². The van der Waals surface area contributed by atoms with Crippen molar-refractivity contribution in [3.63, 3.8) is 0 Å². The first-order chi connectivity index (χ1) is 14.0. The van der Waals surface area contributed by atoms with Crippen LogP contribution in [0.2, 0.25) is 0 Å². The quantitative estimate of drug-likeness (QED) is 0.710. The Hall–Kier alpha value is -3.12. The molecular weight excluding hydrogens is 366 g/mol. The predicted molar refractivity (Wildman–Crippen MR) is 115 cm³/mol. The Kier molecular flexibility index (Phi) is 7.03. The van der Waals surface area contributed by atoms with E-state index in [4.69, 9.17) is 4.74 Å². The molecule has 1 aliphatic heterocycles. The number of rotatable bonds is 7. The molecule has 152 valence electrons. The minimum Gasteiger partial charge on any atom is -0.378 e.